The van der Waals surface area contributed by atoms with E-state index in [1.165, 1.54) is 0 Å². The summed E-state index contributed by atoms with van der Waals surface area (Å²) < 4.78 is 0. The Kier molecular flexibility index (Phi) is 3.88. The lowest BCUT2D eigenvalue weighted by Crippen LogP contribution is -2.45. The lowest BCUT2D eigenvalue weighted by molar-refractivity contribution is -0.133. The molecule has 2 N–H and O–H groups in total. The summed E-state index contributed by atoms with van der Waals surface area (Å²) in [5.74, 6) is -0.0389. The zero-order valence-corrected chi connectivity index (χ0v) is 9.49. The van der Waals surface area contributed by atoms with Crippen LogP contribution in [0.15, 0.2) is 12.7 Å². The van der Waals surface area contributed by atoms with Gasteiger partial charge in [-0.25, -0.2) is 0 Å². The van der Waals surface area contributed by atoms with E-state index in [0.29, 0.717) is 13.1 Å². The molecule has 1 aliphatic heterocycles. The molecule has 0 spiro atoms. The van der Waals surface area contributed by atoms with Gasteiger partial charge in [-0.1, -0.05) is 19.9 Å². The molecule has 4 heteroatoms. The van der Waals surface area contributed by atoms with Crippen LogP contribution in [0.1, 0.15) is 13.8 Å². The summed E-state index contributed by atoms with van der Waals surface area (Å²) in [5, 5.41) is 12.2. The van der Waals surface area contributed by atoms with Gasteiger partial charge in [0.05, 0.1) is 6.61 Å². The number of rotatable bonds is 3. The quantitative estimate of drug-likeness (QED) is 0.647. The van der Waals surface area contributed by atoms with E-state index in [1.807, 2.05) is 0 Å². The number of aliphatic hydroxyl groups is 1. The molecule has 86 valence electrons. The molecule has 1 rings (SSSR count). The molecule has 4 nitrogen and oxygen atoms in total. The Labute approximate surface area is 91.0 Å². The van der Waals surface area contributed by atoms with Crippen LogP contribution >= 0.6 is 0 Å². The lowest BCUT2D eigenvalue weighted by atomic mass is 9.93. The summed E-state index contributed by atoms with van der Waals surface area (Å²) in [6.45, 7) is 9.66. The van der Waals surface area contributed by atoms with Crippen molar-refractivity contribution in [2.24, 2.45) is 5.41 Å². The maximum atomic E-state index is 11.9. The fraction of sp³-hybridized carbons (Fsp3) is 0.727. The minimum absolute atomic E-state index is 0.0303. The molecule has 1 heterocycles. The maximum absolute atomic E-state index is 11.9. The molecule has 1 unspecified atom stereocenters. The second kappa shape index (κ2) is 4.77. The van der Waals surface area contributed by atoms with Crippen LogP contribution in [0, 0.1) is 5.41 Å². The number of nitrogens with one attached hydrogen (secondary N) is 1. The van der Waals surface area contributed by atoms with E-state index in [4.69, 9.17) is 5.11 Å². The fourth-order valence-corrected chi connectivity index (χ4v) is 1.81. The Hall–Kier alpha value is -0.870. The molecular formula is C11H20N2O2. The average molecular weight is 212 g/mol. The van der Waals surface area contributed by atoms with Crippen LogP contribution < -0.4 is 5.32 Å². The van der Waals surface area contributed by atoms with Gasteiger partial charge in [0.1, 0.15) is 6.04 Å². The van der Waals surface area contributed by atoms with Crippen molar-refractivity contribution in [3.8, 4) is 0 Å². The smallest absolute Gasteiger partial charge is 0.242 e. The number of nitrogens with zero attached hydrogens (tertiary/aromatic N) is 1. The molecule has 0 aromatic carbocycles. The number of amides is 1. The number of aliphatic hydroxyl groups excluding tert-OH is 1. The summed E-state index contributed by atoms with van der Waals surface area (Å²) in [4.78, 5) is 13.7. The topological polar surface area (TPSA) is 52.6 Å². The van der Waals surface area contributed by atoms with Crippen molar-refractivity contribution in [1.29, 1.82) is 0 Å². The SMILES string of the molecule is C=CCN1CC(C)(C)CNC(CO)C1=O. The Balaban J connectivity index is 2.81. The highest BCUT2D eigenvalue weighted by molar-refractivity contribution is 5.82. The average Bonchev–Trinajstić information content (AvgIpc) is 2.26. The van der Waals surface area contributed by atoms with Gasteiger partial charge >= 0.3 is 0 Å². The van der Waals surface area contributed by atoms with E-state index in [-0.39, 0.29) is 17.9 Å². The van der Waals surface area contributed by atoms with Gasteiger partial charge in [-0.2, -0.15) is 0 Å². The normalized spacial score (nSPS) is 26.2. The van der Waals surface area contributed by atoms with E-state index < -0.39 is 6.04 Å². The first-order valence-corrected chi connectivity index (χ1v) is 5.24. The molecule has 0 bridgehead atoms. The van der Waals surface area contributed by atoms with E-state index in [1.54, 1.807) is 11.0 Å². The molecule has 0 saturated carbocycles. The van der Waals surface area contributed by atoms with Gasteiger partial charge in [0, 0.05) is 19.6 Å². The van der Waals surface area contributed by atoms with Crippen LogP contribution in [0.2, 0.25) is 0 Å². The Morgan fingerprint density at radius 3 is 2.93 bits per heavy atom. The van der Waals surface area contributed by atoms with Gasteiger partial charge in [-0.3, -0.25) is 4.79 Å². The zero-order chi connectivity index (χ0) is 11.5. The zero-order valence-electron chi connectivity index (χ0n) is 9.49. The van der Waals surface area contributed by atoms with E-state index in [9.17, 15) is 4.79 Å². The second-order valence-corrected chi connectivity index (χ2v) is 4.79. The minimum Gasteiger partial charge on any atom is -0.394 e. The highest BCUT2D eigenvalue weighted by atomic mass is 16.3. The van der Waals surface area contributed by atoms with Crippen LogP contribution in [0.5, 0.6) is 0 Å². The van der Waals surface area contributed by atoms with Crippen molar-refractivity contribution in [3.05, 3.63) is 12.7 Å². The first-order valence-electron chi connectivity index (χ1n) is 5.24. The first kappa shape index (κ1) is 12.2. The van der Waals surface area contributed by atoms with E-state index in [2.05, 4.69) is 25.7 Å². The second-order valence-electron chi connectivity index (χ2n) is 4.79. The number of hydrogen-bond donors (Lipinski definition) is 2. The monoisotopic (exact) mass is 212 g/mol. The third-order valence-electron chi connectivity index (χ3n) is 2.59. The summed E-state index contributed by atoms with van der Waals surface area (Å²) >= 11 is 0. The third-order valence-corrected chi connectivity index (χ3v) is 2.59. The van der Waals surface area contributed by atoms with Gasteiger partial charge < -0.3 is 15.3 Å². The van der Waals surface area contributed by atoms with Crippen molar-refractivity contribution in [2.45, 2.75) is 19.9 Å². The maximum Gasteiger partial charge on any atom is 0.242 e. The summed E-state index contributed by atoms with van der Waals surface area (Å²) in [6.07, 6.45) is 1.72. The van der Waals surface area contributed by atoms with Gasteiger partial charge in [0.25, 0.3) is 0 Å². The predicted molar refractivity (Wildman–Crippen MR) is 59.4 cm³/mol. The number of carbonyl (C=O) groups is 1. The molecule has 1 atom stereocenters. The minimum atomic E-state index is -0.466. The van der Waals surface area contributed by atoms with Crippen molar-refractivity contribution in [2.75, 3.05) is 26.2 Å². The highest BCUT2D eigenvalue weighted by Gasteiger charge is 2.33. The summed E-state index contributed by atoms with van der Waals surface area (Å²) in [6, 6.07) is -0.466. The fourth-order valence-electron chi connectivity index (χ4n) is 1.81. The number of carbonyl (C=O) groups excluding carboxylic acids is 1. The van der Waals surface area contributed by atoms with Gasteiger partial charge in [0.15, 0.2) is 0 Å². The van der Waals surface area contributed by atoms with Crippen LogP contribution in [0.4, 0.5) is 0 Å². The van der Waals surface area contributed by atoms with E-state index in [0.717, 1.165) is 6.54 Å². The molecule has 1 aliphatic rings. The summed E-state index contributed by atoms with van der Waals surface area (Å²) in [5.41, 5.74) is 0.0303. The van der Waals surface area contributed by atoms with Crippen LogP contribution in [-0.4, -0.2) is 48.2 Å². The molecule has 1 amide bonds. The molecule has 0 aromatic heterocycles. The van der Waals surface area contributed by atoms with Gasteiger partial charge in [-0.15, -0.1) is 6.58 Å². The molecule has 0 aliphatic carbocycles. The Morgan fingerprint density at radius 1 is 1.73 bits per heavy atom. The predicted octanol–water partition coefficient (Wildman–Crippen LogP) is -0.00870. The Morgan fingerprint density at radius 2 is 2.40 bits per heavy atom. The third kappa shape index (κ3) is 3.04. The van der Waals surface area contributed by atoms with Gasteiger partial charge in [-0.05, 0) is 5.41 Å². The summed E-state index contributed by atoms with van der Waals surface area (Å²) in [7, 11) is 0. The molecule has 1 fully saturated rings. The van der Waals surface area contributed by atoms with Crippen LogP contribution in [0.25, 0.3) is 0 Å². The van der Waals surface area contributed by atoms with E-state index >= 15 is 0 Å². The molecule has 0 radical (unpaired) electrons. The van der Waals surface area contributed by atoms with Crippen molar-refractivity contribution in [1.82, 2.24) is 10.2 Å². The van der Waals surface area contributed by atoms with Crippen molar-refractivity contribution >= 4 is 5.91 Å². The first-order chi connectivity index (χ1) is 7.00. The molecule has 15 heavy (non-hydrogen) atoms. The standard InChI is InChI=1S/C11H20N2O2/c1-4-5-13-8-11(2,3)7-12-9(6-14)10(13)15/h4,9,12,14H,1,5-8H2,2-3H3. The highest BCUT2D eigenvalue weighted by Crippen LogP contribution is 2.19. The molecule has 0 aromatic rings. The Bertz CT molecular complexity index is 251. The van der Waals surface area contributed by atoms with Crippen molar-refractivity contribution < 1.29 is 9.90 Å². The number of hydrogen-bond acceptors (Lipinski definition) is 3. The van der Waals surface area contributed by atoms with Crippen molar-refractivity contribution in [3.63, 3.8) is 0 Å². The van der Waals surface area contributed by atoms with Crippen LogP contribution in [0.3, 0.4) is 0 Å². The molecular weight excluding hydrogens is 192 g/mol. The molecule has 1 saturated heterocycles. The van der Waals surface area contributed by atoms with Gasteiger partial charge in [0.2, 0.25) is 5.91 Å². The lowest BCUT2D eigenvalue weighted by Gasteiger charge is -2.28. The van der Waals surface area contributed by atoms with Crippen LogP contribution in [-0.2, 0) is 4.79 Å². The largest absolute Gasteiger partial charge is 0.394 e.